The molecular weight excluding hydrogens is 242 g/mol. The topological polar surface area (TPSA) is 21.3 Å². The lowest BCUT2D eigenvalue weighted by atomic mass is 10.1. The summed E-state index contributed by atoms with van der Waals surface area (Å²) in [4.78, 5) is 1.28. The van der Waals surface area contributed by atoms with Gasteiger partial charge in [0.15, 0.2) is 6.10 Å². The zero-order chi connectivity index (χ0) is 12.5. The first-order valence-electron chi connectivity index (χ1n) is 6.37. The summed E-state index contributed by atoms with van der Waals surface area (Å²) in [7, 11) is 0. The maximum atomic E-state index is 6.14. The number of fused-ring (bicyclic) bond motifs is 1. The van der Waals surface area contributed by atoms with Crippen molar-refractivity contribution in [1.82, 2.24) is 0 Å². The van der Waals surface area contributed by atoms with Gasteiger partial charge in [-0.05, 0) is 42.5 Å². The number of thiophene rings is 1. The number of anilines is 1. The highest BCUT2D eigenvalue weighted by atomic mass is 32.1. The molecule has 0 fully saturated rings. The summed E-state index contributed by atoms with van der Waals surface area (Å²) < 4.78 is 6.14. The van der Waals surface area contributed by atoms with Crippen molar-refractivity contribution < 1.29 is 4.74 Å². The summed E-state index contributed by atoms with van der Waals surface area (Å²) >= 11 is 1.75. The third-order valence-corrected chi connectivity index (χ3v) is 4.30. The molecule has 0 saturated heterocycles. The average Bonchev–Trinajstić information content (AvgIpc) is 2.91. The molecule has 3 rings (SSSR count). The summed E-state index contributed by atoms with van der Waals surface area (Å²) in [5, 5.41) is 5.65. The molecule has 2 heterocycles. The molecule has 18 heavy (non-hydrogen) atoms. The highest BCUT2D eigenvalue weighted by molar-refractivity contribution is 7.10. The van der Waals surface area contributed by atoms with Crippen LogP contribution < -0.4 is 10.1 Å². The van der Waals surface area contributed by atoms with Crippen LogP contribution in [0.5, 0.6) is 5.75 Å². The van der Waals surface area contributed by atoms with E-state index in [-0.39, 0.29) is 6.10 Å². The third-order valence-electron chi connectivity index (χ3n) is 3.37. The van der Waals surface area contributed by atoms with Crippen LogP contribution in [0, 0.1) is 0 Å². The SMILES string of the molecule is CCc1ccc2c(c1)NC(C)C(c1cccs1)O2. The fourth-order valence-corrected chi connectivity index (χ4v) is 3.19. The van der Waals surface area contributed by atoms with Gasteiger partial charge in [-0.25, -0.2) is 0 Å². The van der Waals surface area contributed by atoms with Gasteiger partial charge in [-0.3, -0.25) is 0 Å². The van der Waals surface area contributed by atoms with E-state index >= 15 is 0 Å². The van der Waals surface area contributed by atoms with Crippen molar-refractivity contribution in [3.8, 4) is 5.75 Å². The molecule has 1 aromatic carbocycles. The van der Waals surface area contributed by atoms with E-state index in [1.165, 1.54) is 10.4 Å². The number of aryl methyl sites for hydroxylation is 1. The largest absolute Gasteiger partial charge is 0.481 e. The lowest BCUT2D eigenvalue weighted by molar-refractivity contribution is 0.181. The Kier molecular flexibility index (Phi) is 3.00. The third kappa shape index (κ3) is 1.99. The van der Waals surface area contributed by atoms with E-state index < -0.39 is 0 Å². The Hall–Kier alpha value is -1.48. The van der Waals surface area contributed by atoms with Crippen LogP contribution in [0.3, 0.4) is 0 Å². The molecule has 0 aliphatic carbocycles. The van der Waals surface area contributed by atoms with Crippen molar-refractivity contribution in [2.75, 3.05) is 5.32 Å². The van der Waals surface area contributed by atoms with Gasteiger partial charge in [0, 0.05) is 4.88 Å². The van der Waals surface area contributed by atoms with Gasteiger partial charge in [0.2, 0.25) is 0 Å². The van der Waals surface area contributed by atoms with E-state index in [0.717, 1.165) is 17.9 Å². The molecule has 0 amide bonds. The predicted molar refractivity (Wildman–Crippen MR) is 76.6 cm³/mol. The van der Waals surface area contributed by atoms with Gasteiger partial charge in [-0.1, -0.05) is 19.1 Å². The molecule has 1 aromatic heterocycles. The van der Waals surface area contributed by atoms with Gasteiger partial charge in [0.25, 0.3) is 0 Å². The molecule has 1 aliphatic heterocycles. The molecule has 2 nitrogen and oxygen atoms in total. The average molecular weight is 259 g/mol. The molecule has 0 radical (unpaired) electrons. The monoisotopic (exact) mass is 259 g/mol. The lowest BCUT2D eigenvalue weighted by Crippen LogP contribution is -2.32. The molecular formula is C15H17NOS. The van der Waals surface area contributed by atoms with Gasteiger partial charge < -0.3 is 10.1 Å². The Balaban J connectivity index is 1.92. The maximum Gasteiger partial charge on any atom is 0.153 e. The number of hydrogen-bond donors (Lipinski definition) is 1. The quantitative estimate of drug-likeness (QED) is 0.870. The summed E-state index contributed by atoms with van der Waals surface area (Å²) in [6.45, 7) is 4.34. The molecule has 94 valence electrons. The zero-order valence-electron chi connectivity index (χ0n) is 10.6. The number of ether oxygens (including phenoxy) is 1. The molecule has 0 bridgehead atoms. The van der Waals surface area contributed by atoms with Crippen molar-refractivity contribution in [2.24, 2.45) is 0 Å². The van der Waals surface area contributed by atoms with Crippen molar-refractivity contribution in [3.05, 3.63) is 46.2 Å². The highest BCUT2D eigenvalue weighted by Crippen LogP contribution is 2.39. The van der Waals surface area contributed by atoms with Gasteiger partial charge in [-0.2, -0.15) is 0 Å². The van der Waals surface area contributed by atoms with Crippen molar-refractivity contribution in [1.29, 1.82) is 0 Å². The summed E-state index contributed by atoms with van der Waals surface area (Å²) in [6, 6.07) is 10.9. The minimum absolute atomic E-state index is 0.116. The number of nitrogens with one attached hydrogen (secondary N) is 1. The van der Waals surface area contributed by atoms with E-state index in [1.807, 2.05) is 0 Å². The highest BCUT2D eigenvalue weighted by Gasteiger charge is 2.28. The second-order valence-electron chi connectivity index (χ2n) is 4.67. The second kappa shape index (κ2) is 4.65. The lowest BCUT2D eigenvalue weighted by Gasteiger charge is -2.32. The van der Waals surface area contributed by atoms with E-state index in [1.54, 1.807) is 11.3 Å². The number of benzene rings is 1. The fourth-order valence-electron chi connectivity index (χ4n) is 2.33. The van der Waals surface area contributed by atoms with Gasteiger partial charge in [0.05, 0.1) is 11.7 Å². The normalized spacial score (nSPS) is 21.9. The van der Waals surface area contributed by atoms with Crippen LogP contribution in [0.15, 0.2) is 35.7 Å². The summed E-state index contributed by atoms with van der Waals surface area (Å²) in [6.07, 6.45) is 1.17. The standard InChI is InChI=1S/C15H17NOS/c1-3-11-6-7-13-12(9-11)16-10(2)15(17-13)14-5-4-8-18-14/h4-10,15-16H,3H2,1-2H3. The van der Waals surface area contributed by atoms with Crippen molar-refractivity contribution in [2.45, 2.75) is 32.4 Å². The van der Waals surface area contributed by atoms with E-state index in [2.05, 4.69) is 54.9 Å². The van der Waals surface area contributed by atoms with Crippen LogP contribution in [0.1, 0.15) is 30.4 Å². The van der Waals surface area contributed by atoms with Gasteiger partial charge in [-0.15, -0.1) is 11.3 Å². The van der Waals surface area contributed by atoms with E-state index in [9.17, 15) is 0 Å². The molecule has 1 aliphatic rings. The van der Waals surface area contributed by atoms with Gasteiger partial charge >= 0.3 is 0 Å². The van der Waals surface area contributed by atoms with Crippen LogP contribution in [0.4, 0.5) is 5.69 Å². The number of hydrogen-bond acceptors (Lipinski definition) is 3. The molecule has 2 atom stereocenters. The minimum Gasteiger partial charge on any atom is -0.481 e. The first kappa shape index (κ1) is 11.6. The van der Waals surface area contributed by atoms with Crippen LogP contribution in [0.2, 0.25) is 0 Å². The van der Waals surface area contributed by atoms with Crippen LogP contribution in [-0.2, 0) is 6.42 Å². The Bertz CT molecular complexity index is 535. The molecule has 1 N–H and O–H groups in total. The molecule has 0 spiro atoms. The van der Waals surface area contributed by atoms with Crippen molar-refractivity contribution >= 4 is 17.0 Å². The maximum absolute atomic E-state index is 6.14. The number of rotatable bonds is 2. The first-order valence-corrected chi connectivity index (χ1v) is 7.25. The molecule has 2 unspecified atom stereocenters. The van der Waals surface area contributed by atoms with E-state index in [0.29, 0.717) is 6.04 Å². The van der Waals surface area contributed by atoms with Crippen molar-refractivity contribution in [3.63, 3.8) is 0 Å². The summed E-state index contributed by atoms with van der Waals surface area (Å²) in [5.74, 6) is 0.962. The van der Waals surface area contributed by atoms with E-state index in [4.69, 9.17) is 4.74 Å². The smallest absolute Gasteiger partial charge is 0.153 e. The predicted octanol–water partition coefficient (Wildman–Crippen LogP) is 4.24. The first-order chi connectivity index (χ1) is 8.78. The van der Waals surface area contributed by atoms with Crippen LogP contribution in [0.25, 0.3) is 0 Å². The zero-order valence-corrected chi connectivity index (χ0v) is 11.5. The molecule has 2 aromatic rings. The second-order valence-corrected chi connectivity index (χ2v) is 5.65. The Labute approximate surface area is 112 Å². The Morgan fingerprint density at radius 2 is 2.22 bits per heavy atom. The van der Waals surface area contributed by atoms with Crippen LogP contribution in [-0.4, -0.2) is 6.04 Å². The Morgan fingerprint density at radius 1 is 1.33 bits per heavy atom. The molecule has 0 saturated carbocycles. The molecule has 3 heteroatoms. The van der Waals surface area contributed by atoms with Crippen LogP contribution >= 0.6 is 11.3 Å². The Morgan fingerprint density at radius 3 is 2.94 bits per heavy atom. The fraction of sp³-hybridized carbons (Fsp3) is 0.333. The van der Waals surface area contributed by atoms with Gasteiger partial charge in [0.1, 0.15) is 5.75 Å². The summed E-state index contributed by atoms with van der Waals surface area (Å²) in [5.41, 5.74) is 2.46. The minimum atomic E-state index is 0.116.